The molecule has 0 saturated carbocycles. The zero-order chi connectivity index (χ0) is 14.7. The van der Waals surface area contributed by atoms with Gasteiger partial charge < -0.3 is 9.84 Å². The highest BCUT2D eigenvalue weighted by Gasteiger charge is 2.08. The standard InChI is InChI=1S/C15H24O4/c1-4-6-7-8-11-19-15(18)13(5-2)10-9-12(3)14(16)17/h9-10H,4-8,11H2,1-3H3,(H,16,17). The third-order valence-electron chi connectivity index (χ3n) is 2.75. The molecule has 0 bridgehead atoms. The number of carboxylic acids is 1. The van der Waals surface area contributed by atoms with Crippen LogP contribution in [-0.2, 0) is 14.3 Å². The summed E-state index contributed by atoms with van der Waals surface area (Å²) in [6.07, 6.45) is 7.71. The molecule has 0 saturated heterocycles. The molecule has 0 aromatic rings. The van der Waals surface area contributed by atoms with Crippen LogP contribution in [0.15, 0.2) is 23.3 Å². The Morgan fingerprint density at radius 1 is 1.11 bits per heavy atom. The van der Waals surface area contributed by atoms with E-state index in [-0.39, 0.29) is 11.5 Å². The maximum atomic E-state index is 11.7. The molecule has 0 aromatic carbocycles. The highest BCUT2D eigenvalue weighted by atomic mass is 16.5. The van der Waals surface area contributed by atoms with Crippen molar-refractivity contribution in [1.29, 1.82) is 0 Å². The van der Waals surface area contributed by atoms with E-state index in [0.29, 0.717) is 18.6 Å². The predicted molar refractivity (Wildman–Crippen MR) is 74.9 cm³/mol. The topological polar surface area (TPSA) is 63.6 Å². The van der Waals surface area contributed by atoms with Crippen LogP contribution in [0.3, 0.4) is 0 Å². The van der Waals surface area contributed by atoms with Crippen molar-refractivity contribution in [1.82, 2.24) is 0 Å². The number of carboxylic acid groups (broad SMARTS) is 1. The fourth-order valence-electron chi connectivity index (χ4n) is 1.41. The molecule has 0 spiro atoms. The number of ether oxygens (including phenoxy) is 1. The largest absolute Gasteiger partial charge is 0.478 e. The molecule has 0 aliphatic rings. The second-order valence-corrected chi connectivity index (χ2v) is 4.40. The minimum Gasteiger partial charge on any atom is -0.478 e. The molecular weight excluding hydrogens is 244 g/mol. The van der Waals surface area contributed by atoms with Crippen molar-refractivity contribution in [2.24, 2.45) is 0 Å². The normalized spacial score (nSPS) is 12.4. The third kappa shape index (κ3) is 8.19. The summed E-state index contributed by atoms with van der Waals surface area (Å²) in [5.74, 6) is -1.34. The summed E-state index contributed by atoms with van der Waals surface area (Å²) in [5, 5.41) is 8.72. The molecule has 0 atom stereocenters. The third-order valence-corrected chi connectivity index (χ3v) is 2.75. The Bertz CT molecular complexity index is 353. The highest BCUT2D eigenvalue weighted by molar-refractivity contribution is 5.90. The fourth-order valence-corrected chi connectivity index (χ4v) is 1.41. The SMILES string of the molecule is CCCCCCOC(=O)C(=CC=C(C)C(=O)O)CC. The number of allylic oxidation sites excluding steroid dienone is 2. The number of hydrogen-bond donors (Lipinski definition) is 1. The predicted octanol–water partition coefficient (Wildman–Crippen LogP) is 3.48. The first-order valence-electron chi connectivity index (χ1n) is 6.80. The maximum Gasteiger partial charge on any atom is 0.333 e. The van der Waals surface area contributed by atoms with E-state index in [4.69, 9.17) is 9.84 Å². The molecule has 1 N–H and O–H groups in total. The van der Waals surface area contributed by atoms with Gasteiger partial charge in [0.25, 0.3) is 0 Å². The number of rotatable bonds is 9. The summed E-state index contributed by atoms with van der Waals surface area (Å²) in [6.45, 7) is 5.88. The minimum absolute atomic E-state index is 0.196. The van der Waals surface area contributed by atoms with Gasteiger partial charge in [0.2, 0.25) is 0 Å². The molecule has 108 valence electrons. The lowest BCUT2D eigenvalue weighted by Crippen LogP contribution is -2.08. The van der Waals surface area contributed by atoms with Gasteiger partial charge in [-0.25, -0.2) is 9.59 Å². The Morgan fingerprint density at radius 3 is 2.32 bits per heavy atom. The van der Waals surface area contributed by atoms with Gasteiger partial charge in [-0.3, -0.25) is 0 Å². The Morgan fingerprint density at radius 2 is 1.79 bits per heavy atom. The second-order valence-electron chi connectivity index (χ2n) is 4.40. The number of carbonyl (C=O) groups is 2. The van der Waals surface area contributed by atoms with Gasteiger partial charge >= 0.3 is 11.9 Å². The van der Waals surface area contributed by atoms with Gasteiger partial charge in [0, 0.05) is 11.1 Å². The Hall–Kier alpha value is -1.58. The van der Waals surface area contributed by atoms with Gasteiger partial charge in [-0.1, -0.05) is 45.3 Å². The van der Waals surface area contributed by atoms with Crippen LogP contribution in [0.5, 0.6) is 0 Å². The summed E-state index contributed by atoms with van der Waals surface area (Å²) >= 11 is 0. The average Bonchev–Trinajstić information content (AvgIpc) is 2.38. The van der Waals surface area contributed by atoms with Crippen LogP contribution in [0.2, 0.25) is 0 Å². The summed E-state index contributed by atoms with van der Waals surface area (Å²) in [4.78, 5) is 22.4. The van der Waals surface area contributed by atoms with Crippen molar-refractivity contribution < 1.29 is 19.4 Å². The van der Waals surface area contributed by atoms with Gasteiger partial charge in [-0.2, -0.15) is 0 Å². The number of carbonyl (C=O) groups excluding carboxylic acids is 1. The first-order chi connectivity index (χ1) is 9.02. The van der Waals surface area contributed by atoms with Crippen molar-refractivity contribution in [2.45, 2.75) is 52.9 Å². The van der Waals surface area contributed by atoms with Crippen molar-refractivity contribution in [3.63, 3.8) is 0 Å². The van der Waals surface area contributed by atoms with E-state index >= 15 is 0 Å². The molecule has 4 nitrogen and oxygen atoms in total. The van der Waals surface area contributed by atoms with Gasteiger partial charge in [0.15, 0.2) is 0 Å². The monoisotopic (exact) mass is 268 g/mol. The van der Waals surface area contributed by atoms with Crippen LogP contribution >= 0.6 is 0 Å². The second kappa shape index (κ2) is 10.4. The Kier molecular flexibility index (Phi) is 9.49. The number of unbranched alkanes of at least 4 members (excludes halogenated alkanes) is 3. The molecule has 4 heteroatoms. The van der Waals surface area contributed by atoms with E-state index in [0.717, 1.165) is 25.7 Å². The lowest BCUT2D eigenvalue weighted by atomic mass is 10.1. The van der Waals surface area contributed by atoms with Crippen molar-refractivity contribution >= 4 is 11.9 Å². The lowest BCUT2D eigenvalue weighted by molar-refractivity contribution is -0.139. The van der Waals surface area contributed by atoms with Crippen LogP contribution in [0.1, 0.15) is 52.9 Å². The van der Waals surface area contributed by atoms with Crippen LogP contribution in [-0.4, -0.2) is 23.7 Å². The average molecular weight is 268 g/mol. The molecule has 0 amide bonds. The summed E-state index contributed by atoms with van der Waals surface area (Å²) in [7, 11) is 0. The Balaban J connectivity index is 4.28. The number of esters is 1. The molecule has 0 heterocycles. The van der Waals surface area contributed by atoms with Gasteiger partial charge in [-0.15, -0.1) is 0 Å². The summed E-state index contributed by atoms with van der Waals surface area (Å²) in [6, 6.07) is 0. The highest BCUT2D eigenvalue weighted by Crippen LogP contribution is 2.07. The molecule has 0 fully saturated rings. The van der Waals surface area contributed by atoms with Crippen LogP contribution in [0, 0.1) is 0 Å². The van der Waals surface area contributed by atoms with E-state index in [1.165, 1.54) is 19.1 Å². The first-order valence-corrected chi connectivity index (χ1v) is 6.80. The quantitative estimate of drug-likeness (QED) is 0.301. The van der Waals surface area contributed by atoms with E-state index in [9.17, 15) is 9.59 Å². The van der Waals surface area contributed by atoms with Gasteiger partial charge in [0.1, 0.15) is 0 Å². The lowest BCUT2D eigenvalue weighted by Gasteiger charge is -2.06. The van der Waals surface area contributed by atoms with E-state index in [2.05, 4.69) is 6.92 Å². The van der Waals surface area contributed by atoms with Crippen LogP contribution < -0.4 is 0 Å². The number of hydrogen-bond acceptors (Lipinski definition) is 3. The molecular formula is C15H24O4. The zero-order valence-corrected chi connectivity index (χ0v) is 12.1. The van der Waals surface area contributed by atoms with E-state index in [1.807, 2.05) is 6.92 Å². The van der Waals surface area contributed by atoms with Crippen LogP contribution in [0.25, 0.3) is 0 Å². The van der Waals surface area contributed by atoms with E-state index in [1.54, 1.807) is 0 Å². The molecule has 0 aromatic heterocycles. The van der Waals surface area contributed by atoms with Crippen molar-refractivity contribution in [2.75, 3.05) is 6.61 Å². The molecule has 0 aliphatic carbocycles. The number of aliphatic carboxylic acids is 1. The van der Waals surface area contributed by atoms with Crippen LogP contribution in [0.4, 0.5) is 0 Å². The Labute approximate surface area is 115 Å². The summed E-state index contributed by atoms with van der Waals surface area (Å²) < 4.78 is 5.15. The van der Waals surface area contributed by atoms with Gasteiger partial charge in [-0.05, 0) is 19.8 Å². The van der Waals surface area contributed by atoms with Gasteiger partial charge in [0.05, 0.1) is 6.61 Å². The van der Waals surface area contributed by atoms with E-state index < -0.39 is 5.97 Å². The smallest absolute Gasteiger partial charge is 0.333 e. The molecule has 19 heavy (non-hydrogen) atoms. The summed E-state index contributed by atoms with van der Waals surface area (Å²) in [5.41, 5.74) is 0.692. The molecule has 0 rings (SSSR count). The van der Waals surface area contributed by atoms with Crippen molar-refractivity contribution in [3.8, 4) is 0 Å². The molecule has 0 unspecified atom stereocenters. The minimum atomic E-state index is -0.986. The fraction of sp³-hybridized carbons (Fsp3) is 0.600. The zero-order valence-electron chi connectivity index (χ0n) is 12.1. The first kappa shape index (κ1) is 17.4. The molecule has 0 radical (unpaired) electrons. The maximum absolute atomic E-state index is 11.7. The van der Waals surface area contributed by atoms with Crippen molar-refractivity contribution in [3.05, 3.63) is 23.3 Å². The molecule has 0 aliphatic heterocycles.